The zero-order valence-electron chi connectivity index (χ0n) is 14.1. The standard InChI is InChI=1S/C17H22N4O3/c1-12-5-7-13(8-6-12)21-16(23)14(15(22)19-17(21)24)11-18-9-4-10-20(2)3/h5-8,11,23H,4,9-10H2,1-3H3,(H,19,22,24). The lowest BCUT2D eigenvalue weighted by molar-refractivity contribution is 0.403. The SMILES string of the molecule is Cc1ccc(-n2c(O)c(C=NCCCN(C)C)c(=O)[nH]c2=O)cc1. The van der Waals surface area contributed by atoms with Crippen molar-refractivity contribution in [2.45, 2.75) is 13.3 Å². The van der Waals surface area contributed by atoms with Gasteiger partial charge in [0.15, 0.2) is 0 Å². The summed E-state index contributed by atoms with van der Waals surface area (Å²) in [5.41, 5.74) is 0.128. The van der Waals surface area contributed by atoms with Crippen molar-refractivity contribution in [3.05, 3.63) is 56.2 Å². The number of nitrogens with zero attached hydrogens (tertiary/aromatic N) is 3. The minimum absolute atomic E-state index is 0.0278. The Balaban J connectivity index is 2.34. The van der Waals surface area contributed by atoms with E-state index < -0.39 is 17.1 Å². The lowest BCUT2D eigenvalue weighted by atomic mass is 10.2. The largest absolute Gasteiger partial charge is 0.493 e. The fourth-order valence-corrected chi connectivity index (χ4v) is 2.22. The first kappa shape index (κ1) is 17.7. The number of nitrogens with one attached hydrogen (secondary N) is 1. The molecule has 2 aromatic rings. The maximum Gasteiger partial charge on any atom is 0.335 e. The predicted molar refractivity (Wildman–Crippen MR) is 94.7 cm³/mol. The van der Waals surface area contributed by atoms with E-state index in [2.05, 4.69) is 9.98 Å². The quantitative estimate of drug-likeness (QED) is 0.608. The molecule has 0 aliphatic carbocycles. The Kier molecular flexibility index (Phi) is 5.70. The third-order valence-electron chi connectivity index (χ3n) is 3.53. The number of aromatic nitrogens is 2. The highest BCUT2D eigenvalue weighted by Crippen LogP contribution is 2.15. The molecule has 1 heterocycles. The Morgan fingerprint density at radius 3 is 2.54 bits per heavy atom. The first-order valence-corrected chi connectivity index (χ1v) is 7.70. The average Bonchev–Trinajstić information content (AvgIpc) is 2.51. The van der Waals surface area contributed by atoms with Gasteiger partial charge in [0.25, 0.3) is 5.56 Å². The molecule has 0 bridgehead atoms. The van der Waals surface area contributed by atoms with E-state index in [9.17, 15) is 14.7 Å². The molecule has 0 spiro atoms. The maximum atomic E-state index is 12.0. The third-order valence-corrected chi connectivity index (χ3v) is 3.53. The first-order valence-electron chi connectivity index (χ1n) is 7.70. The van der Waals surface area contributed by atoms with Crippen LogP contribution in [-0.2, 0) is 0 Å². The lowest BCUT2D eigenvalue weighted by Crippen LogP contribution is -2.31. The zero-order chi connectivity index (χ0) is 17.7. The molecule has 7 heteroatoms. The van der Waals surface area contributed by atoms with E-state index in [-0.39, 0.29) is 5.56 Å². The van der Waals surface area contributed by atoms with Crippen LogP contribution in [0.5, 0.6) is 5.88 Å². The summed E-state index contributed by atoms with van der Waals surface area (Å²) in [6, 6.07) is 7.04. The molecule has 0 aliphatic heterocycles. The molecule has 7 nitrogen and oxygen atoms in total. The zero-order valence-corrected chi connectivity index (χ0v) is 14.1. The van der Waals surface area contributed by atoms with Crippen molar-refractivity contribution in [1.82, 2.24) is 14.5 Å². The number of aliphatic imine (C=N–C) groups is 1. The van der Waals surface area contributed by atoms with Gasteiger partial charge < -0.3 is 10.0 Å². The third kappa shape index (κ3) is 4.20. The Labute approximate surface area is 139 Å². The van der Waals surface area contributed by atoms with Gasteiger partial charge in [0.2, 0.25) is 5.88 Å². The van der Waals surface area contributed by atoms with E-state index in [0.29, 0.717) is 12.2 Å². The lowest BCUT2D eigenvalue weighted by Gasteiger charge is -2.10. The molecule has 0 saturated carbocycles. The van der Waals surface area contributed by atoms with E-state index in [1.165, 1.54) is 6.21 Å². The molecule has 0 fully saturated rings. The second-order valence-electron chi connectivity index (χ2n) is 5.86. The van der Waals surface area contributed by atoms with Crippen molar-refractivity contribution in [2.24, 2.45) is 4.99 Å². The number of aryl methyl sites for hydroxylation is 1. The summed E-state index contributed by atoms with van der Waals surface area (Å²) in [4.78, 5) is 32.4. The predicted octanol–water partition coefficient (Wildman–Crippen LogP) is 0.910. The van der Waals surface area contributed by atoms with E-state index in [0.717, 1.165) is 23.1 Å². The van der Waals surface area contributed by atoms with Crippen LogP contribution < -0.4 is 11.2 Å². The number of rotatable bonds is 6. The smallest absolute Gasteiger partial charge is 0.335 e. The van der Waals surface area contributed by atoms with E-state index in [4.69, 9.17) is 0 Å². The minimum atomic E-state index is -0.689. The molecule has 2 N–H and O–H groups in total. The summed E-state index contributed by atoms with van der Waals surface area (Å²) in [6.07, 6.45) is 2.15. The van der Waals surface area contributed by atoms with Gasteiger partial charge in [0.1, 0.15) is 5.56 Å². The molecule has 0 aliphatic rings. The Hall–Kier alpha value is -2.67. The second kappa shape index (κ2) is 7.74. The van der Waals surface area contributed by atoms with Crippen LogP contribution in [0, 0.1) is 6.92 Å². The highest BCUT2D eigenvalue weighted by Gasteiger charge is 2.13. The highest BCUT2D eigenvalue weighted by atomic mass is 16.3. The molecule has 2 rings (SSSR count). The van der Waals surface area contributed by atoms with Gasteiger partial charge in [-0.3, -0.25) is 14.8 Å². The van der Waals surface area contributed by atoms with Crippen molar-refractivity contribution >= 4 is 6.21 Å². The Bertz CT molecular complexity index is 832. The molecule has 24 heavy (non-hydrogen) atoms. The normalized spacial score (nSPS) is 11.5. The van der Waals surface area contributed by atoms with Crippen LogP contribution in [0.4, 0.5) is 0 Å². The van der Waals surface area contributed by atoms with Gasteiger partial charge >= 0.3 is 5.69 Å². The topological polar surface area (TPSA) is 90.7 Å². The van der Waals surface area contributed by atoms with Gasteiger partial charge in [-0.25, -0.2) is 9.36 Å². The molecule has 0 unspecified atom stereocenters. The van der Waals surface area contributed by atoms with Crippen molar-refractivity contribution in [3.8, 4) is 11.6 Å². The molecule has 0 amide bonds. The highest BCUT2D eigenvalue weighted by molar-refractivity contribution is 5.82. The summed E-state index contributed by atoms with van der Waals surface area (Å²) in [5, 5.41) is 10.4. The second-order valence-corrected chi connectivity index (χ2v) is 5.86. The summed E-state index contributed by atoms with van der Waals surface area (Å²) >= 11 is 0. The molecule has 1 aromatic carbocycles. The summed E-state index contributed by atoms with van der Waals surface area (Å²) in [7, 11) is 3.94. The number of hydrogen-bond acceptors (Lipinski definition) is 5. The molecule has 0 atom stereocenters. The van der Waals surface area contributed by atoms with E-state index >= 15 is 0 Å². The number of hydrogen-bond donors (Lipinski definition) is 2. The van der Waals surface area contributed by atoms with Gasteiger partial charge in [-0.1, -0.05) is 17.7 Å². The number of benzene rings is 1. The van der Waals surface area contributed by atoms with Crippen LogP contribution in [0.3, 0.4) is 0 Å². The van der Waals surface area contributed by atoms with Crippen molar-refractivity contribution in [2.75, 3.05) is 27.2 Å². The van der Waals surface area contributed by atoms with Crippen molar-refractivity contribution < 1.29 is 5.11 Å². The average molecular weight is 330 g/mol. The molecular weight excluding hydrogens is 308 g/mol. The first-order chi connectivity index (χ1) is 11.4. The van der Waals surface area contributed by atoms with Gasteiger partial charge in [-0.05, 0) is 46.1 Å². The van der Waals surface area contributed by atoms with Gasteiger partial charge in [0, 0.05) is 12.8 Å². The van der Waals surface area contributed by atoms with Crippen molar-refractivity contribution in [1.29, 1.82) is 0 Å². The van der Waals surface area contributed by atoms with Gasteiger partial charge in [0.05, 0.1) is 5.69 Å². The van der Waals surface area contributed by atoms with Crippen molar-refractivity contribution in [3.63, 3.8) is 0 Å². The van der Waals surface area contributed by atoms with Crippen LogP contribution in [0.15, 0.2) is 38.8 Å². The van der Waals surface area contributed by atoms with Crippen LogP contribution in [0.2, 0.25) is 0 Å². The Morgan fingerprint density at radius 1 is 1.25 bits per heavy atom. The Morgan fingerprint density at radius 2 is 1.92 bits per heavy atom. The number of aromatic amines is 1. The van der Waals surface area contributed by atoms with Gasteiger partial charge in [-0.15, -0.1) is 0 Å². The van der Waals surface area contributed by atoms with Crippen LogP contribution >= 0.6 is 0 Å². The number of H-pyrrole nitrogens is 1. The molecular formula is C17H22N4O3. The van der Waals surface area contributed by atoms with Crippen LogP contribution in [0.1, 0.15) is 17.5 Å². The summed E-state index contributed by atoms with van der Waals surface area (Å²) in [5.74, 6) is -0.413. The summed E-state index contributed by atoms with van der Waals surface area (Å²) < 4.78 is 1.06. The van der Waals surface area contributed by atoms with Gasteiger partial charge in [-0.2, -0.15) is 0 Å². The fraction of sp³-hybridized carbons (Fsp3) is 0.353. The number of aromatic hydroxyl groups is 1. The fourth-order valence-electron chi connectivity index (χ4n) is 2.22. The monoisotopic (exact) mass is 330 g/mol. The van der Waals surface area contributed by atoms with Crippen LogP contribution in [-0.4, -0.2) is 53.0 Å². The molecule has 0 saturated heterocycles. The van der Waals surface area contributed by atoms with Crippen LogP contribution in [0.25, 0.3) is 5.69 Å². The summed E-state index contributed by atoms with van der Waals surface area (Å²) in [6.45, 7) is 3.33. The molecule has 0 radical (unpaired) electrons. The minimum Gasteiger partial charge on any atom is -0.493 e. The molecule has 1 aromatic heterocycles. The van der Waals surface area contributed by atoms with E-state index in [1.54, 1.807) is 12.1 Å². The van der Waals surface area contributed by atoms with E-state index in [1.807, 2.05) is 38.1 Å². The maximum absolute atomic E-state index is 12.0. The molecule has 128 valence electrons.